The molecular formula is C29H31NO3. The molecule has 3 saturated carbocycles. The van der Waals surface area contributed by atoms with Crippen molar-refractivity contribution in [1.82, 2.24) is 4.98 Å². The number of nitrogens with zero attached hydrogens (tertiary/aromatic N) is 1. The summed E-state index contributed by atoms with van der Waals surface area (Å²) in [5.74, 6) is 1.33. The highest BCUT2D eigenvalue weighted by molar-refractivity contribution is 5.82. The number of rotatable bonds is 1. The molecule has 9 atom stereocenters. The van der Waals surface area contributed by atoms with E-state index < -0.39 is 0 Å². The van der Waals surface area contributed by atoms with Gasteiger partial charge in [-0.2, -0.15) is 0 Å². The first-order valence-corrected chi connectivity index (χ1v) is 12.8. The summed E-state index contributed by atoms with van der Waals surface area (Å²) in [6, 6.07) is 8.66. The molecule has 2 spiro atoms. The number of hydrogen-bond acceptors (Lipinski definition) is 4. The monoisotopic (exact) mass is 441 g/mol. The summed E-state index contributed by atoms with van der Waals surface area (Å²) in [6.07, 6.45) is 13.7. The van der Waals surface area contributed by atoms with Crippen molar-refractivity contribution in [1.29, 1.82) is 0 Å². The van der Waals surface area contributed by atoms with E-state index in [4.69, 9.17) is 4.74 Å². The van der Waals surface area contributed by atoms with Crippen molar-refractivity contribution in [2.45, 2.75) is 74.8 Å². The Hall–Kier alpha value is -2.01. The molecule has 1 aromatic carbocycles. The summed E-state index contributed by atoms with van der Waals surface area (Å²) in [4.78, 5) is 4.32. The molecule has 2 aromatic rings. The largest absolute Gasteiger partial charge is 0.393 e. The number of fused-ring (bicyclic) bond motifs is 4. The Morgan fingerprint density at radius 3 is 2.88 bits per heavy atom. The molecule has 0 amide bonds. The van der Waals surface area contributed by atoms with Crippen LogP contribution in [0.2, 0.25) is 0 Å². The van der Waals surface area contributed by atoms with Crippen molar-refractivity contribution >= 4 is 10.8 Å². The van der Waals surface area contributed by atoms with Gasteiger partial charge in [-0.25, -0.2) is 0 Å². The summed E-state index contributed by atoms with van der Waals surface area (Å²) in [7, 11) is 0. The van der Waals surface area contributed by atoms with Crippen LogP contribution < -0.4 is 0 Å². The summed E-state index contributed by atoms with van der Waals surface area (Å²) in [5.41, 5.74) is 3.40. The van der Waals surface area contributed by atoms with Gasteiger partial charge in [0.1, 0.15) is 0 Å². The molecule has 2 bridgehead atoms. The molecule has 4 aliphatic carbocycles. The summed E-state index contributed by atoms with van der Waals surface area (Å²) >= 11 is 0. The van der Waals surface area contributed by atoms with Crippen LogP contribution in [-0.2, 0) is 4.74 Å². The van der Waals surface area contributed by atoms with Crippen LogP contribution in [0.3, 0.4) is 0 Å². The van der Waals surface area contributed by atoms with Crippen molar-refractivity contribution in [2.24, 2.45) is 23.2 Å². The standard InChI is InChI=1S/C29H31NO3/c1-27-6-4-19-11-22-20-12-21(20)24(32)14-28(22)7-8-29(19,33-28)25(27)13-23(31)26(27)17-3-2-16-5-9-30-15-18(16)10-17/h2-5,9-11,15,20-21,23-26,31-32H,6-8,12-14H2,1H3/t20-,21+,23+,24-,25+,26-,27-,28+,29?/m0/s1. The number of aliphatic hydroxyl groups is 2. The zero-order chi connectivity index (χ0) is 22.2. The van der Waals surface area contributed by atoms with Gasteiger partial charge in [0.05, 0.1) is 23.4 Å². The van der Waals surface area contributed by atoms with E-state index in [1.54, 1.807) is 0 Å². The number of aliphatic hydroxyl groups excluding tert-OH is 2. The predicted octanol–water partition coefficient (Wildman–Crippen LogP) is 4.66. The Labute approximate surface area is 194 Å². The van der Waals surface area contributed by atoms with Crippen LogP contribution in [0, 0.1) is 23.2 Å². The molecule has 1 saturated heterocycles. The van der Waals surface area contributed by atoms with E-state index >= 15 is 0 Å². The van der Waals surface area contributed by atoms with E-state index in [1.807, 2.05) is 18.5 Å². The Bertz CT molecular complexity index is 1270. The number of benzene rings is 1. The molecule has 2 aliphatic heterocycles. The average molecular weight is 442 g/mol. The number of allylic oxidation sites excluding steroid dienone is 1. The lowest BCUT2D eigenvalue weighted by Crippen LogP contribution is -2.54. The van der Waals surface area contributed by atoms with Crippen molar-refractivity contribution in [3.63, 3.8) is 0 Å². The first kappa shape index (κ1) is 19.3. The van der Waals surface area contributed by atoms with E-state index in [0.717, 1.165) is 43.9 Å². The van der Waals surface area contributed by atoms with E-state index in [0.29, 0.717) is 11.8 Å². The van der Waals surface area contributed by atoms with Crippen LogP contribution in [0.1, 0.15) is 56.9 Å². The first-order valence-electron chi connectivity index (χ1n) is 12.8. The van der Waals surface area contributed by atoms with Gasteiger partial charge in [-0.15, -0.1) is 0 Å². The Morgan fingerprint density at radius 2 is 1.97 bits per heavy atom. The van der Waals surface area contributed by atoms with Gasteiger partial charge in [-0.1, -0.05) is 31.2 Å². The van der Waals surface area contributed by atoms with Gasteiger partial charge in [0.2, 0.25) is 0 Å². The third-order valence-corrected chi connectivity index (χ3v) is 10.6. The SMILES string of the molecule is C[C@]12CC=C3C=C4[C@H]5C[C@H]5[C@@H](O)C[C@]45CCC3(O5)[C@@H]1C[C@@H](O)[C@@H]2c1ccc2ccncc2c1. The third-order valence-electron chi connectivity index (χ3n) is 10.6. The molecular weight excluding hydrogens is 410 g/mol. The topological polar surface area (TPSA) is 62.6 Å². The van der Waals surface area contributed by atoms with Gasteiger partial charge in [-0.3, -0.25) is 4.98 Å². The van der Waals surface area contributed by atoms with Crippen LogP contribution in [-0.4, -0.2) is 38.6 Å². The zero-order valence-corrected chi connectivity index (χ0v) is 19.1. The molecule has 8 rings (SSSR count). The number of pyridine rings is 1. The maximum atomic E-state index is 11.5. The van der Waals surface area contributed by atoms with Gasteiger partial charge in [0, 0.05) is 36.0 Å². The molecule has 4 nitrogen and oxygen atoms in total. The number of ether oxygens (including phenoxy) is 1. The minimum absolute atomic E-state index is 0.0644. The lowest BCUT2D eigenvalue weighted by molar-refractivity contribution is -0.145. The number of aromatic nitrogens is 1. The zero-order valence-electron chi connectivity index (χ0n) is 19.1. The maximum Gasteiger partial charge on any atom is 0.0975 e. The van der Waals surface area contributed by atoms with Crippen LogP contribution in [0.5, 0.6) is 0 Å². The molecule has 6 aliphatic rings. The summed E-state index contributed by atoms with van der Waals surface area (Å²) in [6.45, 7) is 2.38. The Morgan fingerprint density at radius 1 is 1.06 bits per heavy atom. The predicted molar refractivity (Wildman–Crippen MR) is 125 cm³/mol. The Balaban J connectivity index is 1.24. The second kappa shape index (κ2) is 5.97. The molecule has 1 aromatic heterocycles. The lowest BCUT2D eigenvalue weighted by atomic mass is 9.58. The smallest absolute Gasteiger partial charge is 0.0975 e. The molecule has 33 heavy (non-hydrogen) atoms. The van der Waals surface area contributed by atoms with Crippen molar-refractivity contribution < 1.29 is 14.9 Å². The summed E-state index contributed by atoms with van der Waals surface area (Å²) < 4.78 is 7.21. The normalized spacial score (nSPS) is 48.9. The molecule has 4 heteroatoms. The summed E-state index contributed by atoms with van der Waals surface area (Å²) in [5, 5.41) is 24.6. The minimum Gasteiger partial charge on any atom is -0.393 e. The first-order chi connectivity index (χ1) is 15.9. The molecule has 170 valence electrons. The van der Waals surface area contributed by atoms with Gasteiger partial charge in [-0.05, 0) is 83.6 Å². The quantitative estimate of drug-likeness (QED) is 0.675. The van der Waals surface area contributed by atoms with E-state index in [9.17, 15) is 10.2 Å². The number of hydrogen-bond donors (Lipinski definition) is 2. The Kier molecular flexibility index (Phi) is 3.49. The van der Waals surface area contributed by atoms with E-state index in [1.165, 1.54) is 22.1 Å². The highest BCUT2D eigenvalue weighted by Crippen LogP contribution is 2.71. The van der Waals surface area contributed by atoms with Crippen LogP contribution in [0.4, 0.5) is 0 Å². The molecule has 3 heterocycles. The van der Waals surface area contributed by atoms with Gasteiger partial charge < -0.3 is 14.9 Å². The van der Waals surface area contributed by atoms with Crippen molar-refractivity contribution in [2.75, 3.05) is 0 Å². The molecule has 0 radical (unpaired) electrons. The van der Waals surface area contributed by atoms with E-state index in [2.05, 4.69) is 42.3 Å². The van der Waals surface area contributed by atoms with Gasteiger partial charge >= 0.3 is 0 Å². The molecule has 2 N–H and O–H groups in total. The maximum absolute atomic E-state index is 11.5. The second-order valence-corrected chi connectivity index (χ2v) is 12.0. The molecule has 4 fully saturated rings. The van der Waals surface area contributed by atoms with Crippen LogP contribution in [0.25, 0.3) is 10.8 Å². The minimum atomic E-state index is -0.383. The van der Waals surface area contributed by atoms with Crippen molar-refractivity contribution in [3.8, 4) is 0 Å². The molecule has 1 unspecified atom stereocenters. The lowest BCUT2D eigenvalue weighted by Gasteiger charge is -2.54. The fraction of sp³-hybridized carbons (Fsp3) is 0.552. The highest BCUT2D eigenvalue weighted by Gasteiger charge is 2.71. The third kappa shape index (κ3) is 2.26. The van der Waals surface area contributed by atoms with Crippen LogP contribution >= 0.6 is 0 Å². The fourth-order valence-electron chi connectivity index (χ4n) is 9.06. The highest BCUT2D eigenvalue weighted by atomic mass is 16.5. The van der Waals surface area contributed by atoms with Gasteiger partial charge in [0.15, 0.2) is 0 Å². The fourth-order valence-corrected chi connectivity index (χ4v) is 9.06. The van der Waals surface area contributed by atoms with Crippen LogP contribution in [0.15, 0.2) is 60.0 Å². The average Bonchev–Trinajstić information content (AvgIpc) is 3.49. The second-order valence-electron chi connectivity index (χ2n) is 12.0. The van der Waals surface area contributed by atoms with Gasteiger partial charge in [0.25, 0.3) is 0 Å². The van der Waals surface area contributed by atoms with Crippen molar-refractivity contribution in [3.05, 3.63) is 65.5 Å². The van der Waals surface area contributed by atoms with E-state index in [-0.39, 0.29) is 40.7 Å².